The van der Waals surface area contributed by atoms with Gasteiger partial charge in [-0.3, -0.25) is 0 Å². The summed E-state index contributed by atoms with van der Waals surface area (Å²) in [5, 5.41) is 9.01. The van der Waals surface area contributed by atoms with E-state index in [2.05, 4.69) is 18.8 Å². The molecule has 0 amide bonds. The van der Waals surface area contributed by atoms with Gasteiger partial charge in [0.2, 0.25) is 5.88 Å². The van der Waals surface area contributed by atoms with Crippen molar-refractivity contribution >= 4 is 0 Å². The highest BCUT2D eigenvalue weighted by Crippen LogP contribution is 2.14. The van der Waals surface area contributed by atoms with E-state index < -0.39 is 0 Å². The Balaban J connectivity index is 2.49. The molecule has 0 saturated heterocycles. The normalized spacial score (nSPS) is 10.6. The summed E-state index contributed by atoms with van der Waals surface area (Å²) < 4.78 is 5.47. The summed E-state index contributed by atoms with van der Waals surface area (Å²) in [6, 6.07) is 3.61. The second-order valence-corrected chi connectivity index (χ2v) is 3.66. The maximum absolute atomic E-state index is 9.01. The monoisotopic (exact) mass is 195 g/mol. The van der Waals surface area contributed by atoms with E-state index in [1.54, 1.807) is 12.3 Å². The van der Waals surface area contributed by atoms with Gasteiger partial charge in [0.1, 0.15) is 0 Å². The molecule has 0 fully saturated rings. The number of aliphatic hydroxyl groups excluding tert-OH is 1. The Morgan fingerprint density at radius 2 is 2.29 bits per heavy atom. The van der Waals surface area contributed by atoms with Crippen molar-refractivity contribution < 1.29 is 9.84 Å². The molecule has 14 heavy (non-hydrogen) atoms. The Hall–Kier alpha value is -1.09. The molecule has 0 spiro atoms. The fourth-order valence-corrected chi connectivity index (χ4v) is 1.07. The Labute approximate surface area is 84.7 Å². The maximum Gasteiger partial charge on any atom is 0.218 e. The van der Waals surface area contributed by atoms with Crippen molar-refractivity contribution in [2.45, 2.75) is 26.9 Å². The molecular weight excluding hydrogens is 178 g/mol. The number of ether oxygens (including phenoxy) is 1. The van der Waals surface area contributed by atoms with Gasteiger partial charge in [-0.1, -0.05) is 13.8 Å². The molecule has 0 aliphatic carbocycles. The van der Waals surface area contributed by atoms with E-state index in [-0.39, 0.29) is 6.61 Å². The van der Waals surface area contributed by atoms with Crippen molar-refractivity contribution in [2.75, 3.05) is 6.61 Å². The molecule has 0 radical (unpaired) electrons. The fourth-order valence-electron chi connectivity index (χ4n) is 1.07. The minimum atomic E-state index is -0.0230. The Morgan fingerprint density at radius 3 is 2.93 bits per heavy atom. The predicted octanol–water partition coefficient (Wildman–Crippen LogP) is 2.00. The van der Waals surface area contributed by atoms with Gasteiger partial charge in [-0.15, -0.1) is 0 Å². The van der Waals surface area contributed by atoms with Crippen LogP contribution in [0, 0.1) is 5.92 Å². The van der Waals surface area contributed by atoms with Crippen LogP contribution >= 0.6 is 0 Å². The van der Waals surface area contributed by atoms with E-state index in [0.29, 0.717) is 18.4 Å². The summed E-state index contributed by atoms with van der Waals surface area (Å²) in [6.07, 6.45) is 2.67. The number of aromatic nitrogens is 1. The predicted molar refractivity (Wildman–Crippen MR) is 55.1 cm³/mol. The molecule has 3 heteroatoms. The van der Waals surface area contributed by atoms with Crippen LogP contribution in [-0.2, 0) is 6.61 Å². The minimum absolute atomic E-state index is 0.0230. The second-order valence-electron chi connectivity index (χ2n) is 3.66. The zero-order valence-corrected chi connectivity index (χ0v) is 8.73. The molecule has 0 aliphatic heterocycles. The van der Waals surface area contributed by atoms with Gasteiger partial charge < -0.3 is 9.84 Å². The quantitative estimate of drug-likeness (QED) is 0.781. The smallest absolute Gasteiger partial charge is 0.218 e. The van der Waals surface area contributed by atoms with Gasteiger partial charge in [0.05, 0.1) is 13.2 Å². The number of aliphatic hydroxyl groups is 1. The second kappa shape index (κ2) is 5.60. The topological polar surface area (TPSA) is 42.4 Å². The molecule has 0 bridgehead atoms. The molecule has 3 nitrogen and oxygen atoms in total. The zero-order valence-electron chi connectivity index (χ0n) is 8.73. The Bertz CT molecular complexity index is 274. The standard InChI is InChI=1S/C11H17NO2/c1-9(2)5-7-14-11-10(8-13)4-3-6-12-11/h3-4,6,9,13H,5,7-8H2,1-2H3. The third kappa shape index (κ3) is 3.34. The van der Waals surface area contributed by atoms with Gasteiger partial charge in [-0.25, -0.2) is 4.98 Å². The average Bonchev–Trinajstić information content (AvgIpc) is 2.18. The molecule has 78 valence electrons. The van der Waals surface area contributed by atoms with Crippen LogP contribution in [0.3, 0.4) is 0 Å². The van der Waals surface area contributed by atoms with Crippen molar-refractivity contribution in [2.24, 2.45) is 5.92 Å². The highest BCUT2D eigenvalue weighted by atomic mass is 16.5. The van der Waals surface area contributed by atoms with Crippen LogP contribution in [0.5, 0.6) is 5.88 Å². The third-order valence-corrected chi connectivity index (χ3v) is 1.95. The van der Waals surface area contributed by atoms with E-state index in [9.17, 15) is 0 Å². The van der Waals surface area contributed by atoms with Crippen LogP contribution in [0.4, 0.5) is 0 Å². The van der Waals surface area contributed by atoms with Crippen molar-refractivity contribution in [3.63, 3.8) is 0 Å². The molecule has 1 rings (SSSR count). The molecule has 1 N–H and O–H groups in total. The lowest BCUT2D eigenvalue weighted by Gasteiger charge is -2.09. The highest BCUT2D eigenvalue weighted by Gasteiger charge is 2.03. The largest absolute Gasteiger partial charge is 0.477 e. The number of pyridine rings is 1. The lowest BCUT2D eigenvalue weighted by Crippen LogP contribution is -2.04. The summed E-state index contributed by atoms with van der Waals surface area (Å²) >= 11 is 0. The Kier molecular flexibility index (Phi) is 4.40. The van der Waals surface area contributed by atoms with Crippen molar-refractivity contribution in [3.05, 3.63) is 23.9 Å². The number of hydrogen-bond acceptors (Lipinski definition) is 3. The van der Waals surface area contributed by atoms with Crippen LogP contribution in [0.25, 0.3) is 0 Å². The van der Waals surface area contributed by atoms with Crippen molar-refractivity contribution in [1.29, 1.82) is 0 Å². The lowest BCUT2D eigenvalue weighted by atomic mass is 10.1. The number of nitrogens with zero attached hydrogens (tertiary/aromatic N) is 1. The average molecular weight is 195 g/mol. The molecule has 0 saturated carbocycles. The first-order valence-corrected chi connectivity index (χ1v) is 4.91. The van der Waals surface area contributed by atoms with E-state index in [0.717, 1.165) is 12.0 Å². The van der Waals surface area contributed by atoms with Crippen molar-refractivity contribution in [3.8, 4) is 5.88 Å². The van der Waals surface area contributed by atoms with Crippen LogP contribution < -0.4 is 4.74 Å². The molecule has 0 aromatic carbocycles. The van der Waals surface area contributed by atoms with Gasteiger partial charge in [0, 0.05) is 11.8 Å². The molecular formula is C11H17NO2. The molecule has 1 aromatic rings. The van der Waals surface area contributed by atoms with E-state index >= 15 is 0 Å². The molecule has 1 aromatic heterocycles. The first-order chi connectivity index (χ1) is 6.74. The first kappa shape index (κ1) is 11.0. The van der Waals surface area contributed by atoms with Crippen LogP contribution in [0.15, 0.2) is 18.3 Å². The number of hydrogen-bond donors (Lipinski definition) is 1. The van der Waals surface area contributed by atoms with Gasteiger partial charge >= 0.3 is 0 Å². The summed E-state index contributed by atoms with van der Waals surface area (Å²) in [5.41, 5.74) is 0.747. The molecule has 0 atom stereocenters. The van der Waals surface area contributed by atoms with Crippen molar-refractivity contribution in [1.82, 2.24) is 4.98 Å². The van der Waals surface area contributed by atoms with Gasteiger partial charge in [-0.05, 0) is 24.5 Å². The first-order valence-electron chi connectivity index (χ1n) is 4.91. The lowest BCUT2D eigenvalue weighted by molar-refractivity contribution is 0.248. The Morgan fingerprint density at radius 1 is 1.50 bits per heavy atom. The summed E-state index contributed by atoms with van der Waals surface area (Å²) in [6.45, 7) is 4.93. The molecule has 1 heterocycles. The SMILES string of the molecule is CC(C)CCOc1ncccc1CO. The fraction of sp³-hybridized carbons (Fsp3) is 0.545. The summed E-state index contributed by atoms with van der Waals surface area (Å²) in [7, 11) is 0. The summed E-state index contributed by atoms with van der Waals surface area (Å²) in [5.74, 6) is 1.17. The minimum Gasteiger partial charge on any atom is -0.477 e. The zero-order chi connectivity index (χ0) is 10.4. The van der Waals surface area contributed by atoms with Gasteiger partial charge in [-0.2, -0.15) is 0 Å². The van der Waals surface area contributed by atoms with E-state index in [1.807, 2.05) is 6.07 Å². The van der Waals surface area contributed by atoms with Crippen LogP contribution in [0.2, 0.25) is 0 Å². The molecule has 0 aliphatic rings. The van der Waals surface area contributed by atoms with Gasteiger partial charge in [0.25, 0.3) is 0 Å². The van der Waals surface area contributed by atoms with Gasteiger partial charge in [0.15, 0.2) is 0 Å². The third-order valence-electron chi connectivity index (χ3n) is 1.95. The summed E-state index contributed by atoms with van der Waals surface area (Å²) in [4.78, 5) is 4.06. The van der Waals surface area contributed by atoms with Crippen LogP contribution in [-0.4, -0.2) is 16.7 Å². The highest BCUT2D eigenvalue weighted by molar-refractivity contribution is 5.24. The van der Waals surface area contributed by atoms with E-state index in [4.69, 9.17) is 9.84 Å². The van der Waals surface area contributed by atoms with Crippen LogP contribution in [0.1, 0.15) is 25.8 Å². The van der Waals surface area contributed by atoms with E-state index in [1.165, 1.54) is 0 Å². The number of rotatable bonds is 5. The maximum atomic E-state index is 9.01. The molecule has 0 unspecified atom stereocenters.